The fourth-order valence-corrected chi connectivity index (χ4v) is 2.18. The van der Waals surface area contributed by atoms with Crippen LogP contribution in [0.5, 0.6) is 5.75 Å². The topological polar surface area (TPSA) is 20.2 Å². The summed E-state index contributed by atoms with van der Waals surface area (Å²) in [7, 11) is 0. The number of hydrogen-bond donors (Lipinski definition) is 1. The summed E-state index contributed by atoms with van der Waals surface area (Å²) >= 11 is 5.88. The van der Waals surface area contributed by atoms with Crippen LogP contribution in [0.1, 0.15) is 0 Å². The van der Waals surface area contributed by atoms with Gasteiger partial charge in [0.25, 0.3) is 0 Å². The average molecular weight is 255 g/mol. The highest BCUT2D eigenvalue weighted by molar-refractivity contribution is 6.30. The summed E-state index contributed by atoms with van der Waals surface area (Å²) in [6.45, 7) is 0. The molecule has 3 aromatic rings. The van der Waals surface area contributed by atoms with Crippen LogP contribution < -0.4 is 0 Å². The second kappa shape index (κ2) is 4.35. The van der Waals surface area contributed by atoms with Crippen molar-refractivity contribution in [2.24, 2.45) is 0 Å². The molecule has 0 aliphatic carbocycles. The number of hydrogen-bond acceptors (Lipinski definition) is 1. The van der Waals surface area contributed by atoms with Crippen LogP contribution in [0.15, 0.2) is 60.7 Å². The van der Waals surface area contributed by atoms with Gasteiger partial charge in [0.15, 0.2) is 0 Å². The van der Waals surface area contributed by atoms with E-state index in [1.54, 1.807) is 12.1 Å². The van der Waals surface area contributed by atoms with E-state index in [0.717, 1.165) is 26.9 Å². The molecule has 0 aliphatic heterocycles. The summed E-state index contributed by atoms with van der Waals surface area (Å²) in [4.78, 5) is 0. The van der Waals surface area contributed by atoms with Crippen molar-refractivity contribution >= 4 is 22.4 Å². The van der Waals surface area contributed by atoms with E-state index < -0.39 is 0 Å². The zero-order valence-electron chi connectivity index (χ0n) is 9.60. The Morgan fingerprint density at radius 3 is 2.11 bits per heavy atom. The molecule has 0 saturated heterocycles. The predicted octanol–water partition coefficient (Wildman–Crippen LogP) is 4.87. The number of halogens is 1. The van der Waals surface area contributed by atoms with Crippen LogP contribution in [0.25, 0.3) is 21.9 Å². The van der Waals surface area contributed by atoms with Crippen molar-refractivity contribution in [2.75, 3.05) is 0 Å². The second-order valence-corrected chi connectivity index (χ2v) is 4.69. The highest BCUT2D eigenvalue weighted by atomic mass is 35.5. The molecule has 3 rings (SSSR count). The molecule has 0 atom stereocenters. The minimum atomic E-state index is 0.288. The maximum atomic E-state index is 9.51. The quantitative estimate of drug-likeness (QED) is 0.657. The lowest BCUT2D eigenvalue weighted by Crippen LogP contribution is -1.79. The molecule has 2 heteroatoms. The number of benzene rings is 3. The largest absolute Gasteiger partial charge is 0.508 e. The van der Waals surface area contributed by atoms with Crippen LogP contribution in [-0.4, -0.2) is 5.11 Å². The average Bonchev–Trinajstić information content (AvgIpc) is 2.38. The number of phenols is 1. The number of aromatic hydroxyl groups is 1. The van der Waals surface area contributed by atoms with E-state index in [-0.39, 0.29) is 5.75 Å². The molecule has 0 unspecified atom stereocenters. The van der Waals surface area contributed by atoms with Crippen LogP contribution in [0.3, 0.4) is 0 Å². The minimum Gasteiger partial charge on any atom is -0.508 e. The summed E-state index contributed by atoms with van der Waals surface area (Å²) in [5, 5.41) is 12.4. The molecule has 0 saturated carbocycles. The van der Waals surface area contributed by atoms with Crippen molar-refractivity contribution in [3.05, 3.63) is 65.7 Å². The predicted molar refractivity (Wildman–Crippen MR) is 76.1 cm³/mol. The van der Waals surface area contributed by atoms with Gasteiger partial charge in [0.05, 0.1) is 0 Å². The van der Waals surface area contributed by atoms with Crippen molar-refractivity contribution in [1.29, 1.82) is 0 Å². The van der Waals surface area contributed by atoms with Gasteiger partial charge < -0.3 is 5.11 Å². The molecular weight excluding hydrogens is 244 g/mol. The normalized spacial score (nSPS) is 10.7. The van der Waals surface area contributed by atoms with E-state index in [0.29, 0.717) is 0 Å². The third-order valence-corrected chi connectivity index (χ3v) is 3.25. The Kier molecular flexibility index (Phi) is 2.69. The summed E-state index contributed by atoms with van der Waals surface area (Å²) < 4.78 is 0. The Morgan fingerprint density at radius 2 is 1.33 bits per heavy atom. The minimum absolute atomic E-state index is 0.288. The molecule has 1 nitrogen and oxygen atoms in total. The highest BCUT2D eigenvalue weighted by Gasteiger charge is 2.00. The van der Waals surface area contributed by atoms with Gasteiger partial charge in [-0.15, -0.1) is 0 Å². The standard InChI is InChI=1S/C16H11ClO/c17-15-6-3-11(4-7-15)13-2-1-12-5-8-16(18)10-14(12)9-13/h1-10,18H. The lowest BCUT2D eigenvalue weighted by atomic mass is 10.0. The number of rotatable bonds is 1. The van der Waals surface area contributed by atoms with Crippen LogP contribution in [-0.2, 0) is 0 Å². The van der Waals surface area contributed by atoms with Crippen molar-refractivity contribution < 1.29 is 5.11 Å². The third-order valence-electron chi connectivity index (χ3n) is 3.00. The van der Waals surface area contributed by atoms with E-state index in [1.807, 2.05) is 30.3 Å². The molecule has 0 radical (unpaired) electrons. The second-order valence-electron chi connectivity index (χ2n) is 4.25. The zero-order chi connectivity index (χ0) is 12.5. The van der Waals surface area contributed by atoms with Crippen LogP contribution in [0.4, 0.5) is 0 Å². The first-order valence-corrected chi connectivity index (χ1v) is 6.09. The van der Waals surface area contributed by atoms with Crippen molar-refractivity contribution in [2.45, 2.75) is 0 Å². The van der Waals surface area contributed by atoms with E-state index >= 15 is 0 Å². The zero-order valence-corrected chi connectivity index (χ0v) is 10.4. The Hall–Kier alpha value is -1.99. The molecule has 0 bridgehead atoms. The molecule has 0 fully saturated rings. The Bertz CT molecular complexity index is 702. The molecule has 0 aromatic heterocycles. The lowest BCUT2D eigenvalue weighted by Gasteiger charge is -2.05. The van der Waals surface area contributed by atoms with E-state index in [9.17, 15) is 5.11 Å². The van der Waals surface area contributed by atoms with Crippen molar-refractivity contribution in [3.8, 4) is 16.9 Å². The lowest BCUT2D eigenvalue weighted by molar-refractivity contribution is 0.476. The number of phenolic OH excluding ortho intramolecular Hbond substituents is 1. The SMILES string of the molecule is Oc1ccc2ccc(-c3ccc(Cl)cc3)cc2c1. The summed E-state index contributed by atoms with van der Waals surface area (Å²) in [5.74, 6) is 0.288. The smallest absolute Gasteiger partial charge is 0.116 e. The fraction of sp³-hybridized carbons (Fsp3) is 0. The first kappa shape index (κ1) is 11.1. The maximum absolute atomic E-state index is 9.51. The van der Waals surface area contributed by atoms with Crippen LogP contribution in [0, 0.1) is 0 Å². The van der Waals surface area contributed by atoms with Gasteiger partial charge in [0.1, 0.15) is 5.75 Å². The van der Waals surface area contributed by atoms with Gasteiger partial charge in [-0.2, -0.15) is 0 Å². The molecule has 18 heavy (non-hydrogen) atoms. The molecule has 0 amide bonds. The monoisotopic (exact) mass is 254 g/mol. The number of fused-ring (bicyclic) bond motifs is 1. The summed E-state index contributed by atoms with van der Waals surface area (Å²) in [6, 6.07) is 19.3. The molecule has 88 valence electrons. The van der Waals surface area contributed by atoms with E-state index in [1.165, 1.54) is 0 Å². The third kappa shape index (κ3) is 2.05. The van der Waals surface area contributed by atoms with Crippen molar-refractivity contribution in [1.82, 2.24) is 0 Å². The maximum Gasteiger partial charge on any atom is 0.116 e. The van der Waals surface area contributed by atoms with Gasteiger partial charge >= 0.3 is 0 Å². The molecule has 0 spiro atoms. The van der Waals surface area contributed by atoms with Gasteiger partial charge in [-0.1, -0.05) is 41.9 Å². The Balaban J connectivity index is 2.15. The Labute approximate surface area is 110 Å². The van der Waals surface area contributed by atoms with Crippen LogP contribution in [0.2, 0.25) is 5.02 Å². The summed E-state index contributed by atoms with van der Waals surface area (Å²) in [6.07, 6.45) is 0. The van der Waals surface area contributed by atoms with Gasteiger partial charge in [0, 0.05) is 5.02 Å². The molecule has 0 heterocycles. The first-order chi connectivity index (χ1) is 8.72. The first-order valence-electron chi connectivity index (χ1n) is 5.71. The molecule has 0 aliphatic rings. The highest BCUT2D eigenvalue weighted by Crippen LogP contribution is 2.27. The fourth-order valence-electron chi connectivity index (χ4n) is 2.06. The Morgan fingerprint density at radius 1 is 0.667 bits per heavy atom. The molecule has 1 N–H and O–H groups in total. The van der Waals surface area contributed by atoms with E-state index in [2.05, 4.69) is 18.2 Å². The van der Waals surface area contributed by atoms with Crippen molar-refractivity contribution in [3.63, 3.8) is 0 Å². The summed E-state index contributed by atoms with van der Waals surface area (Å²) in [5.41, 5.74) is 2.23. The van der Waals surface area contributed by atoms with Gasteiger partial charge in [-0.25, -0.2) is 0 Å². The van der Waals surface area contributed by atoms with Gasteiger partial charge in [-0.3, -0.25) is 0 Å². The van der Waals surface area contributed by atoms with Crippen LogP contribution >= 0.6 is 11.6 Å². The molecule has 3 aromatic carbocycles. The van der Waals surface area contributed by atoms with Gasteiger partial charge in [-0.05, 0) is 52.2 Å². The molecular formula is C16H11ClO. The van der Waals surface area contributed by atoms with Gasteiger partial charge in [0.2, 0.25) is 0 Å². The van der Waals surface area contributed by atoms with E-state index in [4.69, 9.17) is 11.6 Å².